The molecule has 0 bridgehead atoms. The van der Waals surface area contributed by atoms with E-state index in [1.54, 1.807) is 0 Å². The van der Waals surface area contributed by atoms with Crippen molar-refractivity contribution in [3.63, 3.8) is 0 Å². The first-order valence-electron chi connectivity index (χ1n) is 7.32. The van der Waals surface area contributed by atoms with Crippen molar-refractivity contribution in [2.24, 2.45) is 5.41 Å². The molecule has 0 radical (unpaired) electrons. The molecule has 1 saturated heterocycles. The maximum absolute atomic E-state index is 5.38. The molecule has 0 aromatic rings. The molecule has 0 aromatic carbocycles. The van der Waals surface area contributed by atoms with Gasteiger partial charge < -0.3 is 9.64 Å². The zero-order valence-electron chi connectivity index (χ0n) is 12.9. The quantitative estimate of drug-likeness (QED) is 0.725. The molecule has 1 aliphatic heterocycles. The fourth-order valence-electron chi connectivity index (χ4n) is 2.01. The Morgan fingerprint density at radius 3 is 2.12 bits per heavy atom. The van der Waals surface area contributed by atoms with Crippen LogP contribution in [0.3, 0.4) is 0 Å². The zero-order chi connectivity index (χ0) is 13.3. The third kappa shape index (κ3) is 7.05. The summed E-state index contributed by atoms with van der Waals surface area (Å²) in [5, 5.41) is 0. The third-order valence-corrected chi connectivity index (χ3v) is 3.93. The third-order valence-electron chi connectivity index (χ3n) is 3.93. The maximum atomic E-state index is 5.38. The first-order valence-corrected chi connectivity index (χ1v) is 7.32. The summed E-state index contributed by atoms with van der Waals surface area (Å²) in [7, 11) is 1.83. The molecular weight excluding hydrogens is 210 g/mol. The molecular formula is C15H33NO. The van der Waals surface area contributed by atoms with Gasteiger partial charge in [-0.05, 0) is 31.2 Å². The predicted molar refractivity (Wildman–Crippen MR) is 76.5 cm³/mol. The maximum Gasteiger partial charge on any atom is 0.0595 e. The summed E-state index contributed by atoms with van der Waals surface area (Å²) in [6.07, 6.45) is 5.54. The summed E-state index contributed by atoms with van der Waals surface area (Å²) in [6.45, 7) is 14.7. The van der Waals surface area contributed by atoms with Crippen molar-refractivity contribution >= 4 is 0 Å². The van der Waals surface area contributed by atoms with Crippen molar-refractivity contribution in [2.75, 3.05) is 26.7 Å². The number of hydrogen-bond acceptors (Lipinski definition) is 2. The predicted octanol–water partition coefficient (Wildman–Crippen LogP) is 3.95. The van der Waals surface area contributed by atoms with Crippen LogP contribution in [0.15, 0.2) is 0 Å². The van der Waals surface area contributed by atoms with Crippen molar-refractivity contribution in [1.82, 2.24) is 4.90 Å². The van der Waals surface area contributed by atoms with Crippen LogP contribution in [0.2, 0.25) is 0 Å². The van der Waals surface area contributed by atoms with Crippen LogP contribution in [0.4, 0.5) is 0 Å². The van der Waals surface area contributed by atoms with Crippen molar-refractivity contribution in [1.29, 1.82) is 0 Å². The highest BCUT2D eigenvalue weighted by Gasteiger charge is 2.21. The first-order chi connectivity index (χ1) is 8.07. The van der Waals surface area contributed by atoms with Crippen LogP contribution in [-0.4, -0.2) is 37.7 Å². The minimum atomic E-state index is 0.512. The van der Waals surface area contributed by atoms with E-state index in [-0.39, 0.29) is 0 Å². The number of nitrogens with zero attached hydrogens (tertiary/aromatic N) is 1. The number of rotatable bonds is 5. The van der Waals surface area contributed by atoms with E-state index in [1.165, 1.54) is 45.3 Å². The van der Waals surface area contributed by atoms with E-state index >= 15 is 0 Å². The van der Waals surface area contributed by atoms with E-state index in [0.29, 0.717) is 11.5 Å². The molecule has 0 aromatic heterocycles. The number of hydrogen-bond donors (Lipinski definition) is 0. The molecule has 0 amide bonds. The van der Waals surface area contributed by atoms with Gasteiger partial charge in [-0.2, -0.15) is 0 Å². The van der Waals surface area contributed by atoms with Crippen molar-refractivity contribution in [3.05, 3.63) is 0 Å². The highest BCUT2D eigenvalue weighted by Crippen LogP contribution is 2.25. The summed E-state index contributed by atoms with van der Waals surface area (Å²) >= 11 is 0. The van der Waals surface area contributed by atoms with Crippen LogP contribution in [0.5, 0.6) is 0 Å². The van der Waals surface area contributed by atoms with Crippen molar-refractivity contribution < 1.29 is 4.74 Å². The van der Waals surface area contributed by atoms with E-state index in [1.807, 2.05) is 21.0 Å². The Labute approximate surface area is 109 Å². The van der Waals surface area contributed by atoms with Gasteiger partial charge in [0, 0.05) is 20.2 Å². The van der Waals surface area contributed by atoms with Gasteiger partial charge in [-0.15, -0.1) is 0 Å². The van der Waals surface area contributed by atoms with Crippen LogP contribution in [0, 0.1) is 5.41 Å². The molecule has 0 unspecified atom stereocenters. The van der Waals surface area contributed by atoms with Gasteiger partial charge in [0.25, 0.3) is 0 Å². The van der Waals surface area contributed by atoms with Crippen molar-refractivity contribution in [3.8, 4) is 0 Å². The highest BCUT2D eigenvalue weighted by molar-refractivity contribution is 4.75. The van der Waals surface area contributed by atoms with Gasteiger partial charge in [0.1, 0.15) is 0 Å². The molecule has 0 spiro atoms. The van der Waals surface area contributed by atoms with Gasteiger partial charge >= 0.3 is 0 Å². The Morgan fingerprint density at radius 1 is 1.18 bits per heavy atom. The lowest BCUT2D eigenvalue weighted by Crippen LogP contribution is -2.38. The molecule has 0 aliphatic carbocycles. The van der Waals surface area contributed by atoms with E-state index in [4.69, 9.17) is 4.74 Å². The van der Waals surface area contributed by atoms with Crippen LogP contribution in [0.25, 0.3) is 0 Å². The van der Waals surface area contributed by atoms with Crippen molar-refractivity contribution in [2.45, 2.75) is 66.4 Å². The lowest BCUT2D eigenvalue weighted by molar-refractivity contribution is 0.0377. The van der Waals surface area contributed by atoms with E-state index in [0.717, 1.165) is 0 Å². The molecule has 104 valence electrons. The van der Waals surface area contributed by atoms with Gasteiger partial charge in [0.2, 0.25) is 0 Å². The van der Waals surface area contributed by atoms with Crippen LogP contribution >= 0.6 is 0 Å². The Bertz CT molecular complexity index is 172. The average molecular weight is 243 g/mol. The van der Waals surface area contributed by atoms with E-state index in [2.05, 4.69) is 25.7 Å². The van der Waals surface area contributed by atoms with Gasteiger partial charge in [0.05, 0.1) is 6.10 Å². The monoisotopic (exact) mass is 243 g/mol. The minimum absolute atomic E-state index is 0.512. The Kier molecular flexibility index (Phi) is 8.89. The SMILES string of the molecule is CC.CCC(C)(C)CCN1CCC(OC)CC1. The summed E-state index contributed by atoms with van der Waals surface area (Å²) in [4.78, 5) is 2.59. The lowest BCUT2D eigenvalue weighted by Gasteiger charge is -2.33. The Hall–Kier alpha value is -0.0800. The smallest absolute Gasteiger partial charge is 0.0595 e. The highest BCUT2D eigenvalue weighted by atomic mass is 16.5. The van der Waals surface area contributed by atoms with E-state index < -0.39 is 0 Å². The topological polar surface area (TPSA) is 12.5 Å². The average Bonchev–Trinajstić information content (AvgIpc) is 2.39. The molecule has 1 fully saturated rings. The summed E-state index contributed by atoms with van der Waals surface area (Å²) < 4.78 is 5.38. The molecule has 17 heavy (non-hydrogen) atoms. The molecule has 2 heteroatoms. The molecule has 1 heterocycles. The van der Waals surface area contributed by atoms with Gasteiger partial charge in [-0.3, -0.25) is 0 Å². The summed E-state index contributed by atoms with van der Waals surface area (Å²) in [6, 6.07) is 0. The van der Waals surface area contributed by atoms with Crippen LogP contribution < -0.4 is 0 Å². The number of ether oxygens (including phenoxy) is 1. The molecule has 0 N–H and O–H groups in total. The van der Waals surface area contributed by atoms with Crippen LogP contribution in [0.1, 0.15) is 60.3 Å². The number of methoxy groups -OCH3 is 1. The molecule has 2 nitrogen and oxygen atoms in total. The number of likely N-dealkylation sites (tertiary alicyclic amines) is 1. The number of piperidine rings is 1. The fourth-order valence-corrected chi connectivity index (χ4v) is 2.01. The molecule has 0 saturated carbocycles. The second kappa shape index (κ2) is 8.93. The summed E-state index contributed by atoms with van der Waals surface area (Å²) in [5.41, 5.74) is 0.512. The molecule has 0 atom stereocenters. The second-order valence-electron chi connectivity index (χ2n) is 5.54. The first kappa shape index (κ1) is 16.9. The van der Waals surface area contributed by atoms with Gasteiger partial charge in [-0.25, -0.2) is 0 Å². The zero-order valence-corrected chi connectivity index (χ0v) is 12.9. The molecule has 1 aliphatic rings. The Morgan fingerprint density at radius 2 is 1.71 bits per heavy atom. The lowest BCUT2D eigenvalue weighted by atomic mass is 9.86. The minimum Gasteiger partial charge on any atom is -0.381 e. The standard InChI is InChI=1S/C13H27NO.C2H6/c1-5-13(2,3)8-11-14-9-6-12(15-4)7-10-14;1-2/h12H,5-11H2,1-4H3;1-2H3. The van der Waals surface area contributed by atoms with Gasteiger partial charge in [-0.1, -0.05) is 41.0 Å². The van der Waals surface area contributed by atoms with Gasteiger partial charge in [0.15, 0.2) is 0 Å². The Balaban J connectivity index is 0.00000121. The molecule has 1 rings (SSSR count). The second-order valence-corrected chi connectivity index (χ2v) is 5.54. The summed E-state index contributed by atoms with van der Waals surface area (Å²) in [5.74, 6) is 0. The van der Waals surface area contributed by atoms with Crippen LogP contribution in [-0.2, 0) is 4.74 Å². The fraction of sp³-hybridized carbons (Fsp3) is 1.00. The van der Waals surface area contributed by atoms with E-state index in [9.17, 15) is 0 Å². The normalized spacial score (nSPS) is 18.7. The largest absolute Gasteiger partial charge is 0.381 e.